The Hall–Kier alpha value is -8.38. The molecule has 67 heavy (non-hydrogen) atoms. The van der Waals surface area contributed by atoms with Gasteiger partial charge in [-0.15, -0.1) is 0 Å². The molecular formula is C62H40N4S. The van der Waals surface area contributed by atoms with Gasteiger partial charge >= 0.3 is 0 Å². The van der Waals surface area contributed by atoms with Crippen LogP contribution in [0.3, 0.4) is 0 Å². The van der Waals surface area contributed by atoms with E-state index in [0.717, 1.165) is 33.9 Å². The van der Waals surface area contributed by atoms with Crippen molar-refractivity contribution in [2.24, 2.45) is 4.99 Å². The molecule has 0 bridgehead atoms. The molecule has 0 saturated heterocycles. The monoisotopic (exact) mass is 872 g/mol. The fraction of sp³-hybridized carbons (Fsp3) is 0.0161. The molecule has 1 N–H and O–H groups in total. The molecule has 12 aromatic rings. The zero-order valence-corrected chi connectivity index (χ0v) is 37.1. The number of aliphatic imine (C=N–C) groups is 1. The Bertz CT molecular complexity index is 4070. The highest BCUT2D eigenvalue weighted by molar-refractivity contribution is 8.12. The van der Waals surface area contributed by atoms with Crippen molar-refractivity contribution in [2.45, 2.75) is 6.04 Å². The predicted octanol–water partition coefficient (Wildman–Crippen LogP) is 15.9. The van der Waals surface area contributed by atoms with Gasteiger partial charge in [0.15, 0.2) is 0 Å². The van der Waals surface area contributed by atoms with Gasteiger partial charge in [-0.3, -0.25) is 4.57 Å². The summed E-state index contributed by atoms with van der Waals surface area (Å²) in [4.78, 5) is 8.08. The summed E-state index contributed by atoms with van der Waals surface area (Å²) in [7, 11) is 0. The number of thioether (sulfide) groups is 1. The lowest BCUT2D eigenvalue weighted by molar-refractivity contribution is 0.835. The number of rotatable bonds is 5. The van der Waals surface area contributed by atoms with Crippen LogP contribution in [0.5, 0.6) is 0 Å². The van der Waals surface area contributed by atoms with Crippen LogP contribution in [-0.4, -0.2) is 21.1 Å². The molecule has 10 aromatic carbocycles. The Balaban J connectivity index is 0.962. The minimum absolute atomic E-state index is 0.0519. The van der Waals surface area contributed by atoms with E-state index in [1.165, 1.54) is 91.8 Å². The summed E-state index contributed by atoms with van der Waals surface area (Å²) in [6.07, 6.45) is 2.37. The third-order valence-corrected chi connectivity index (χ3v) is 15.0. The zero-order chi connectivity index (χ0) is 44.0. The minimum atomic E-state index is -0.0519. The van der Waals surface area contributed by atoms with Gasteiger partial charge < -0.3 is 9.88 Å². The quantitative estimate of drug-likeness (QED) is 0.187. The lowest BCUT2D eigenvalue weighted by Crippen LogP contribution is -2.40. The summed E-state index contributed by atoms with van der Waals surface area (Å²) < 4.78 is 4.79. The molecule has 2 aromatic heterocycles. The number of fused-ring (bicyclic) bond motifs is 10. The Labute approximate surface area is 391 Å². The van der Waals surface area contributed by atoms with E-state index in [1.54, 1.807) is 0 Å². The molecule has 4 heterocycles. The van der Waals surface area contributed by atoms with Crippen molar-refractivity contribution in [1.29, 1.82) is 0 Å². The van der Waals surface area contributed by atoms with Gasteiger partial charge in [0.05, 0.1) is 33.8 Å². The van der Waals surface area contributed by atoms with Crippen LogP contribution in [-0.2, 0) is 0 Å². The van der Waals surface area contributed by atoms with E-state index in [2.05, 4.69) is 245 Å². The smallest absolute Gasteiger partial charge is 0.209 e. The third-order valence-electron chi connectivity index (χ3n) is 13.7. The van der Waals surface area contributed by atoms with Gasteiger partial charge in [-0.05, 0) is 104 Å². The molecule has 0 amide bonds. The Morgan fingerprint density at radius 1 is 0.388 bits per heavy atom. The van der Waals surface area contributed by atoms with Crippen LogP contribution in [0, 0.1) is 0 Å². The highest BCUT2D eigenvalue weighted by atomic mass is 32.2. The maximum absolute atomic E-state index is 5.63. The first-order chi connectivity index (χ1) is 33.2. The average molecular weight is 873 g/mol. The van der Waals surface area contributed by atoms with Gasteiger partial charge in [0, 0.05) is 42.6 Å². The van der Waals surface area contributed by atoms with Crippen molar-refractivity contribution in [3.05, 3.63) is 247 Å². The van der Waals surface area contributed by atoms with Crippen molar-refractivity contribution in [2.75, 3.05) is 0 Å². The van der Waals surface area contributed by atoms with Crippen molar-refractivity contribution in [3.8, 4) is 27.9 Å². The van der Waals surface area contributed by atoms with Crippen molar-refractivity contribution < 1.29 is 0 Å². The summed E-state index contributed by atoms with van der Waals surface area (Å²) in [5, 5.41) is 13.8. The molecule has 0 saturated carbocycles. The van der Waals surface area contributed by atoms with Gasteiger partial charge in [0.1, 0.15) is 0 Å². The Morgan fingerprint density at radius 3 is 1.76 bits per heavy atom. The van der Waals surface area contributed by atoms with Gasteiger partial charge in [0.25, 0.3) is 0 Å². The molecule has 1 unspecified atom stereocenters. The number of para-hydroxylation sites is 1. The molecule has 0 aliphatic carbocycles. The molecule has 14 rings (SSSR count). The fourth-order valence-electron chi connectivity index (χ4n) is 10.5. The first-order valence-corrected chi connectivity index (χ1v) is 23.7. The topological polar surface area (TPSA) is 34.2 Å². The number of hydrogen-bond donors (Lipinski definition) is 1. The lowest BCUT2D eigenvalue weighted by atomic mass is 9.99. The molecule has 2 aliphatic rings. The molecule has 314 valence electrons. The second-order valence-corrected chi connectivity index (χ2v) is 18.7. The van der Waals surface area contributed by atoms with Crippen LogP contribution < -0.4 is 5.32 Å². The van der Waals surface area contributed by atoms with Crippen molar-refractivity contribution >= 4 is 93.5 Å². The van der Waals surface area contributed by atoms with Crippen molar-refractivity contribution in [1.82, 2.24) is 14.5 Å². The zero-order valence-electron chi connectivity index (χ0n) is 36.3. The summed E-state index contributed by atoms with van der Waals surface area (Å²) in [6.45, 7) is 0. The van der Waals surface area contributed by atoms with E-state index in [4.69, 9.17) is 4.99 Å². The van der Waals surface area contributed by atoms with E-state index in [1.807, 2.05) is 11.8 Å². The maximum atomic E-state index is 5.63. The van der Waals surface area contributed by atoms with E-state index < -0.39 is 0 Å². The van der Waals surface area contributed by atoms with Crippen LogP contribution in [0.1, 0.15) is 11.1 Å². The summed E-state index contributed by atoms with van der Waals surface area (Å²) in [6, 6.07) is 81.6. The largest absolute Gasteiger partial charge is 0.344 e. The minimum Gasteiger partial charge on any atom is -0.344 e. The Morgan fingerprint density at radius 2 is 0.970 bits per heavy atom. The molecule has 0 spiro atoms. The Kier molecular flexibility index (Phi) is 8.55. The molecule has 1 atom stereocenters. The number of nitrogens with zero attached hydrogens (tertiary/aromatic N) is 3. The molecule has 5 heteroatoms. The molecule has 0 radical (unpaired) electrons. The number of aromatic nitrogens is 2. The standard InChI is InChI=1S/C62H40N4S/c1-4-14-39(15-5-1)40-24-26-43(27-25-40)60-61-53(38-58(67-61)42-17-6-2-7-18-42)63-62(64-60)66-54-32-30-46(35-51(54)52-34-44-19-10-11-20-45(44)36-57(52)66)47-28-31-50-56(37-47)65(48-21-8-3-9-22-48)55-33-29-41-16-12-13-23-49(41)59(50)55/h1-38,53H,(H,63,64). The first kappa shape index (κ1) is 37.9. The van der Waals surface area contributed by atoms with Crippen LogP contribution >= 0.6 is 11.8 Å². The van der Waals surface area contributed by atoms with E-state index in [-0.39, 0.29) is 6.04 Å². The fourth-order valence-corrected chi connectivity index (χ4v) is 11.8. The highest BCUT2D eigenvalue weighted by Crippen LogP contribution is 2.48. The molecule has 2 aliphatic heterocycles. The predicted molar refractivity (Wildman–Crippen MR) is 285 cm³/mol. The van der Waals surface area contributed by atoms with Gasteiger partial charge in [-0.25, -0.2) is 4.99 Å². The average Bonchev–Trinajstić information content (AvgIpc) is 4.08. The van der Waals surface area contributed by atoms with Crippen LogP contribution in [0.15, 0.2) is 240 Å². The van der Waals surface area contributed by atoms with Gasteiger partial charge in [-0.2, -0.15) is 0 Å². The normalized spacial score (nSPS) is 14.9. The van der Waals surface area contributed by atoms with E-state index >= 15 is 0 Å². The molecule has 0 fully saturated rings. The second-order valence-electron chi connectivity index (χ2n) is 17.6. The second kappa shape index (κ2) is 15.1. The van der Waals surface area contributed by atoms with Crippen LogP contribution in [0.4, 0.5) is 0 Å². The summed E-state index contributed by atoms with van der Waals surface area (Å²) in [5.41, 5.74) is 13.8. The lowest BCUT2D eigenvalue weighted by Gasteiger charge is -2.25. The van der Waals surface area contributed by atoms with Gasteiger partial charge in [0.2, 0.25) is 5.96 Å². The van der Waals surface area contributed by atoms with Crippen molar-refractivity contribution in [3.63, 3.8) is 0 Å². The van der Waals surface area contributed by atoms with E-state index in [9.17, 15) is 0 Å². The van der Waals surface area contributed by atoms with Crippen LogP contribution in [0.25, 0.3) is 104 Å². The summed E-state index contributed by atoms with van der Waals surface area (Å²) in [5.74, 6) is 0.811. The summed E-state index contributed by atoms with van der Waals surface area (Å²) >= 11 is 1.82. The van der Waals surface area contributed by atoms with Gasteiger partial charge in [-0.1, -0.05) is 188 Å². The number of benzene rings is 10. The maximum Gasteiger partial charge on any atom is 0.209 e. The highest BCUT2D eigenvalue weighted by Gasteiger charge is 2.33. The number of hydrogen-bond acceptors (Lipinski definition) is 3. The molecule has 4 nitrogen and oxygen atoms in total. The van der Waals surface area contributed by atoms with E-state index in [0.29, 0.717) is 0 Å². The van der Waals surface area contributed by atoms with Crippen LogP contribution in [0.2, 0.25) is 0 Å². The number of nitrogens with one attached hydrogen (secondary N) is 1. The SMILES string of the molecule is C1=C(c2ccccc2)SC2=C(c3ccc(-c4ccccc4)cc3)N=C(n3c4ccc(-c5ccc6c7c8ccccc8ccc7n(-c7ccccc7)c6c5)cc4c4cc5ccccc5cc43)NC12. The first-order valence-electron chi connectivity index (χ1n) is 22.9. The third kappa shape index (κ3) is 6.12. The molecular weight excluding hydrogens is 833 g/mol.